The Labute approximate surface area is 266 Å². The third-order valence-corrected chi connectivity index (χ3v) is 10.2. The molecule has 1 aliphatic carbocycles. The highest BCUT2D eigenvalue weighted by Gasteiger charge is 2.43. The number of para-hydroxylation sites is 3. The fourth-order valence-corrected chi connectivity index (χ4v) is 8.18. The van der Waals surface area contributed by atoms with E-state index in [2.05, 4.69) is 149 Å². The monoisotopic (exact) mass is 581 g/mol. The topological polar surface area (TPSA) is 18.5 Å². The van der Waals surface area contributed by atoms with Crippen LogP contribution in [0.1, 0.15) is 49.1 Å². The van der Waals surface area contributed by atoms with Gasteiger partial charge in [-0.25, -0.2) is 0 Å². The number of nitrogens with one attached hydrogen (secondary N) is 1. The van der Waals surface area contributed by atoms with Crippen LogP contribution in [-0.4, -0.2) is 13.3 Å². The molecule has 3 aliphatic heterocycles. The Hall–Kier alpha value is -4.96. The molecule has 0 aromatic heterocycles. The first kappa shape index (κ1) is 26.4. The van der Waals surface area contributed by atoms with E-state index in [4.69, 9.17) is 0 Å². The van der Waals surface area contributed by atoms with Gasteiger partial charge < -0.3 is 15.1 Å². The number of hydrogen-bond donors (Lipinski definition) is 1. The average Bonchev–Trinajstić information content (AvgIpc) is 3.12. The summed E-state index contributed by atoms with van der Waals surface area (Å²) in [5, 5.41) is 3.36. The number of dihydropyridines is 1. The van der Waals surface area contributed by atoms with Gasteiger partial charge in [-0.3, -0.25) is 0 Å². The maximum absolute atomic E-state index is 3.36. The molecule has 0 saturated heterocycles. The smallest absolute Gasteiger partial charge is 0.252 e. The maximum Gasteiger partial charge on any atom is 0.252 e. The first-order valence-electron chi connectivity index (χ1n) is 16.6. The molecule has 9 rings (SSSR count). The Kier molecular flexibility index (Phi) is 6.40. The minimum absolute atomic E-state index is 0.168. The Balaban J connectivity index is 1.30. The van der Waals surface area contributed by atoms with Gasteiger partial charge >= 0.3 is 0 Å². The minimum Gasteiger partial charge on any atom is -0.387 e. The van der Waals surface area contributed by atoms with Crippen LogP contribution in [0.2, 0.25) is 0 Å². The van der Waals surface area contributed by atoms with Crippen LogP contribution in [-0.2, 0) is 0 Å². The van der Waals surface area contributed by atoms with Gasteiger partial charge in [-0.1, -0.05) is 98.1 Å². The molecular weight excluding hydrogens is 545 g/mol. The van der Waals surface area contributed by atoms with Crippen molar-refractivity contribution in [3.05, 3.63) is 145 Å². The highest BCUT2D eigenvalue weighted by molar-refractivity contribution is 7.00. The van der Waals surface area contributed by atoms with Crippen LogP contribution >= 0.6 is 0 Å². The quantitative estimate of drug-likeness (QED) is 0.211. The van der Waals surface area contributed by atoms with Gasteiger partial charge in [-0.2, -0.15) is 0 Å². The lowest BCUT2D eigenvalue weighted by atomic mass is 9.33. The molecule has 5 aromatic carbocycles. The van der Waals surface area contributed by atoms with E-state index in [0.29, 0.717) is 5.92 Å². The predicted molar refractivity (Wildman–Crippen MR) is 191 cm³/mol. The second-order valence-corrected chi connectivity index (χ2v) is 12.8. The highest BCUT2D eigenvalue weighted by atomic mass is 15.2. The Morgan fingerprint density at radius 1 is 0.600 bits per heavy atom. The average molecular weight is 582 g/mol. The first-order valence-corrected chi connectivity index (χ1v) is 16.6. The summed E-state index contributed by atoms with van der Waals surface area (Å²) in [6.45, 7) is 1.06. The van der Waals surface area contributed by atoms with E-state index in [0.717, 1.165) is 6.54 Å². The number of nitrogens with zero attached hydrogens (tertiary/aromatic N) is 2. The third kappa shape index (κ3) is 4.35. The predicted octanol–water partition coefficient (Wildman–Crippen LogP) is 8.32. The van der Waals surface area contributed by atoms with Crippen LogP contribution in [0.25, 0.3) is 5.57 Å². The van der Waals surface area contributed by atoms with Crippen molar-refractivity contribution in [1.29, 1.82) is 0 Å². The van der Waals surface area contributed by atoms with Gasteiger partial charge in [0, 0.05) is 46.9 Å². The molecule has 3 heterocycles. The van der Waals surface area contributed by atoms with Gasteiger partial charge in [-0.15, -0.1) is 0 Å². The zero-order valence-corrected chi connectivity index (χ0v) is 25.5. The fourth-order valence-electron chi connectivity index (χ4n) is 8.18. The van der Waals surface area contributed by atoms with Gasteiger partial charge in [0.25, 0.3) is 6.71 Å². The Morgan fingerprint density at radius 2 is 1.20 bits per heavy atom. The first-order chi connectivity index (χ1) is 22.3. The fraction of sp³-hybridized carbons (Fsp3) is 0.171. The zero-order chi connectivity index (χ0) is 29.7. The summed E-state index contributed by atoms with van der Waals surface area (Å²) in [4.78, 5) is 5.07. The molecule has 0 unspecified atom stereocenters. The van der Waals surface area contributed by atoms with Crippen molar-refractivity contribution in [2.75, 3.05) is 16.3 Å². The van der Waals surface area contributed by atoms with Gasteiger partial charge in [-0.05, 0) is 100 Å². The van der Waals surface area contributed by atoms with Crippen molar-refractivity contribution >= 4 is 62.8 Å². The molecule has 3 nitrogen and oxygen atoms in total. The van der Waals surface area contributed by atoms with Crippen LogP contribution in [0.15, 0.2) is 134 Å². The van der Waals surface area contributed by atoms with E-state index in [1.54, 1.807) is 0 Å². The van der Waals surface area contributed by atoms with Crippen LogP contribution in [0.5, 0.6) is 0 Å². The van der Waals surface area contributed by atoms with E-state index in [1.165, 1.54) is 99.3 Å². The number of benzene rings is 5. The molecule has 218 valence electrons. The van der Waals surface area contributed by atoms with Crippen LogP contribution < -0.4 is 31.5 Å². The molecule has 5 aromatic rings. The summed E-state index contributed by atoms with van der Waals surface area (Å²) >= 11 is 0. The lowest BCUT2D eigenvalue weighted by molar-refractivity contribution is 0.444. The van der Waals surface area contributed by atoms with E-state index in [9.17, 15) is 0 Å². The summed E-state index contributed by atoms with van der Waals surface area (Å²) in [7, 11) is 0. The summed E-state index contributed by atoms with van der Waals surface area (Å²) in [6.07, 6.45) is 13.0. The minimum atomic E-state index is 0.168. The highest BCUT2D eigenvalue weighted by Crippen LogP contribution is 2.46. The molecule has 0 amide bonds. The van der Waals surface area contributed by atoms with E-state index < -0.39 is 0 Å². The van der Waals surface area contributed by atoms with Crippen LogP contribution in [0, 0.1) is 0 Å². The number of anilines is 6. The largest absolute Gasteiger partial charge is 0.387 e. The number of allylic oxidation sites excluding steroid dienone is 2. The van der Waals surface area contributed by atoms with E-state index >= 15 is 0 Å². The van der Waals surface area contributed by atoms with Crippen molar-refractivity contribution in [3.63, 3.8) is 0 Å². The molecule has 0 bridgehead atoms. The van der Waals surface area contributed by atoms with Gasteiger partial charge in [0.05, 0.1) is 0 Å². The van der Waals surface area contributed by atoms with Crippen molar-refractivity contribution < 1.29 is 0 Å². The molecular formula is C41H36BN3. The number of rotatable bonds is 4. The molecule has 45 heavy (non-hydrogen) atoms. The zero-order valence-electron chi connectivity index (χ0n) is 25.5. The molecule has 4 heteroatoms. The Bertz CT molecular complexity index is 1950. The Morgan fingerprint density at radius 3 is 1.82 bits per heavy atom. The summed E-state index contributed by atoms with van der Waals surface area (Å²) < 4.78 is 0. The van der Waals surface area contributed by atoms with Gasteiger partial charge in [0.15, 0.2) is 0 Å². The standard InChI is InChI=1S/C41H36BN3/c1-3-12-29(13-4-1)32-26-39-41-40(27-32)45(34-23-21-30(22-24-34)31-14-11-25-43-28-31)38-20-10-8-18-36(38)42(41)35-17-7-9-19-37(35)44(39)33-15-5-2-6-16-33/h2,5-11,14-24,26-29,43H,1,3-4,12-13,25H2. The SMILES string of the molecule is C1=CC(c2ccc(N3c4ccccc4B4c5ccccc5N(c5ccccc5)c5cc(C6CCCCC6)cc3c54)cc2)=CNC1. The maximum atomic E-state index is 3.36. The van der Waals surface area contributed by atoms with Crippen LogP contribution in [0.4, 0.5) is 34.1 Å². The van der Waals surface area contributed by atoms with Crippen molar-refractivity contribution in [2.24, 2.45) is 0 Å². The van der Waals surface area contributed by atoms with Crippen LogP contribution in [0.3, 0.4) is 0 Å². The molecule has 0 radical (unpaired) electrons. The van der Waals surface area contributed by atoms with E-state index in [-0.39, 0.29) is 6.71 Å². The summed E-state index contributed by atoms with van der Waals surface area (Å²) in [5.74, 6) is 0.590. The second-order valence-electron chi connectivity index (χ2n) is 12.8. The summed E-state index contributed by atoms with van der Waals surface area (Å²) in [5.41, 5.74) is 15.7. The lowest BCUT2D eigenvalue weighted by Crippen LogP contribution is -2.61. The second kappa shape index (κ2) is 10.9. The van der Waals surface area contributed by atoms with Crippen molar-refractivity contribution in [2.45, 2.75) is 38.0 Å². The lowest BCUT2D eigenvalue weighted by Gasteiger charge is -2.44. The van der Waals surface area contributed by atoms with Crippen molar-refractivity contribution in [3.8, 4) is 0 Å². The van der Waals surface area contributed by atoms with Gasteiger partial charge in [0.1, 0.15) is 0 Å². The molecule has 0 spiro atoms. The number of hydrogen-bond acceptors (Lipinski definition) is 3. The molecule has 1 N–H and O–H groups in total. The normalized spacial score (nSPS) is 16.8. The molecule has 1 saturated carbocycles. The summed E-state index contributed by atoms with van der Waals surface area (Å²) in [6, 6.07) is 43.4. The van der Waals surface area contributed by atoms with Gasteiger partial charge in [0.2, 0.25) is 0 Å². The van der Waals surface area contributed by atoms with Crippen molar-refractivity contribution in [1.82, 2.24) is 5.32 Å². The molecule has 1 fully saturated rings. The third-order valence-electron chi connectivity index (χ3n) is 10.2. The van der Waals surface area contributed by atoms with E-state index in [1.807, 2.05) is 0 Å². The number of fused-ring (bicyclic) bond motifs is 4. The molecule has 4 aliphatic rings. The molecule has 0 atom stereocenters.